The molecule has 3 rings (SSSR count). The van der Waals surface area contributed by atoms with Crippen molar-refractivity contribution in [3.8, 4) is 0 Å². The van der Waals surface area contributed by atoms with Gasteiger partial charge in [-0.1, -0.05) is 46.3 Å². The zero-order valence-corrected chi connectivity index (χ0v) is 16.2. The molecule has 0 bridgehead atoms. The van der Waals surface area contributed by atoms with Crippen LogP contribution < -0.4 is 0 Å². The summed E-state index contributed by atoms with van der Waals surface area (Å²) in [6.45, 7) is 14.0. The Hall–Kier alpha value is -0.790. The minimum atomic E-state index is -0.613. The summed E-state index contributed by atoms with van der Waals surface area (Å²) in [7, 11) is 0. The predicted octanol–water partition coefficient (Wildman–Crippen LogP) is 6.07. The maximum absolute atomic E-state index is 11.5. The van der Waals surface area contributed by atoms with Gasteiger partial charge < -0.3 is 5.11 Å². The lowest BCUT2D eigenvalue weighted by Gasteiger charge is -2.63. The van der Waals surface area contributed by atoms with E-state index in [9.17, 15) is 9.90 Å². The quantitative estimate of drug-likeness (QED) is 0.623. The summed E-state index contributed by atoms with van der Waals surface area (Å²) in [5, 5.41) is 9.49. The maximum atomic E-state index is 11.5. The van der Waals surface area contributed by atoms with E-state index < -0.39 is 5.97 Å². The van der Waals surface area contributed by atoms with Crippen LogP contribution in [0, 0.1) is 34.0 Å². The molecular formula is C22H36O2. The minimum Gasteiger partial charge on any atom is -0.481 e. The number of aliphatic carboxylic acids is 1. The Balaban J connectivity index is 1.96. The van der Waals surface area contributed by atoms with E-state index >= 15 is 0 Å². The molecule has 3 saturated carbocycles. The van der Waals surface area contributed by atoms with Crippen molar-refractivity contribution >= 4 is 5.97 Å². The van der Waals surface area contributed by atoms with Crippen LogP contribution in [0.25, 0.3) is 0 Å². The summed E-state index contributed by atoms with van der Waals surface area (Å²) in [6.07, 6.45) is 10.1. The molecule has 3 aliphatic carbocycles. The van der Waals surface area contributed by atoms with Gasteiger partial charge in [0.2, 0.25) is 0 Å². The molecule has 0 amide bonds. The highest BCUT2D eigenvalue weighted by atomic mass is 16.4. The van der Waals surface area contributed by atoms with Gasteiger partial charge in [-0.3, -0.25) is 4.79 Å². The zero-order chi connectivity index (χ0) is 17.8. The molecule has 0 saturated heterocycles. The van der Waals surface area contributed by atoms with Gasteiger partial charge in [0.05, 0.1) is 6.42 Å². The van der Waals surface area contributed by atoms with Crippen molar-refractivity contribution in [1.82, 2.24) is 0 Å². The largest absolute Gasteiger partial charge is 0.481 e. The van der Waals surface area contributed by atoms with Crippen molar-refractivity contribution < 1.29 is 9.90 Å². The van der Waals surface area contributed by atoms with Gasteiger partial charge >= 0.3 is 5.97 Å². The highest BCUT2D eigenvalue weighted by Gasteiger charge is 2.59. The van der Waals surface area contributed by atoms with Crippen LogP contribution in [-0.2, 0) is 4.79 Å². The molecule has 136 valence electrons. The van der Waals surface area contributed by atoms with Crippen LogP contribution in [0.2, 0.25) is 0 Å². The number of fused-ring (bicyclic) bond motifs is 3. The summed E-state index contributed by atoms with van der Waals surface area (Å²) in [5.41, 5.74) is 2.11. The zero-order valence-electron chi connectivity index (χ0n) is 16.2. The van der Waals surface area contributed by atoms with Crippen LogP contribution in [0.5, 0.6) is 0 Å². The molecule has 3 fully saturated rings. The molecule has 1 N–H and O–H groups in total. The van der Waals surface area contributed by atoms with Crippen LogP contribution in [0.3, 0.4) is 0 Å². The number of hydrogen-bond donors (Lipinski definition) is 1. The highest BCUT2D eigenvalue weighted by molar-refractivity contribution is 5.67. The van der Waals surface area contributed by atoms with Crippen LogP contribution in [0.1, 0.15) is 85.5 Å². The van der Waals surface area contributed by atoms with Gasteiger partial charge in [-0.2, -0.15) is 0 Å². The molecule has 0 aromatic carbocycles. The van der Waals surface area contributed by atoms with Crippen LogP contribution in [-0.4, -0.2) is 11.1 Å². The molecule has 0 spiro atoms. The fourth-order valence-electron chi connectivity index (χ4n) is 7.32. The van der Waals surface area contributed by atoms with Crippen molar-refractivity contribution in [2.75, 3.05) is 0 Å². The smallest absolute Gasteiger partial charge is 0.303 e. The number of carboxylic acid groups (broad SMARTS) is 1. The first-order valence-electron chi connectivity index (χ1n) is 10.0. The summed E-state index contributed by atoms with van der Waals surface area (Å²) < 4.78 is 0. The standard InChI is InChI=1S/C22H36O2/c1-15-7-8-17-21(4,13-16(15)2)12-9-18-20(3,14-19(23)24)10-6-11-22(17,18)5/h15,17-18H,2,6-14H2,1,3-5H3,(H,23,24)/t15-,17+,18+,20-,21+,22-/m0/s1. The summed E-state index contributed by atoms with van der Waals surface area (Å²) in [6, 6.07) is 0. The second-order valence-corrected chi connectivity index (χ2v) is 10.2. The lowest BCUT2D eigenvalue weighted by molar-refractivity contribution is -0.156. The number of hydrogen-bond acceptors (Lipinski definition) is 1. The molecule has 2 heteroatoms. The minimum absolute atomic E-state index is 0.0188. The highest BCUT2D eigenvalue weighted by Crippen LogP contribution is 2.68. The third kappa shape index (κ3) is 2.74. The number of carboxylic acids is 1. The van der Waals surface area contributed by atoms with Crippen LogP contribution >= 0.6 is 0 Å². The van der Waals surface area contributed by atoms with Crippen LogP contribution in [0.15, 0.2) is 12.2 Å². The molecule has 2 nitrogen and oxygen atoms in total. The molecule has 24 heavy (non-hydrogen) atoms. The van der Waals surface area contributed by atoms with Crippen molar-refractivity contribution in [3.05, 3.63) is 12.2 Å². The topological polar surface area (TPSA) is 37.3 Å². The number of carbonyl (C=O) groups is 1. The van der Waals surface area contributed by atoms with Gasteiger partial charge in [0.25, 0.3) is 0 Å². The van der Waals surface area contributed by atoms with Crippen molar-refractivity contribution in [1.29, 1.82) is 0 Å². The van der Waals surface area contributed by atoms with Crippen molar-refractivity contribution in [3.63, 3.8) is 0 Å². The van der Waals surface area contributed by atoms with Gasteiger partial charge in [-0.05, 0) is 78.9 Å². The number of rotatable bonds is 2. The van der Waals surface area contributed by atoms with E-state index in [4.69, 9.17) is 0 Å². The third-order valence-electron chi connectivity index (χ3n) is 8.51. The second kappa shape index (κ2) is 5.88. The van der Waals surface area contributed by atoms with E-state index in [1.165, 1.54) is 50.5 Å². The van der Waals surface area contributed by atoms with E-state index in [2.05, 4.69) is 34.3 Å². The molecule has 0 heterocycles. The Kier molecular flexibility index (Phi) is 4.42. The van der Waals surface area contributed by atoms with E-state index in [1.807, 2.05) is 0 Å². The normalized spacial score (nSPS) is 49.0. The molecule has 0 aliphatic heterocycles. The molecule has 0 unspecified atom stereocenters. The third-order valence-corrected chi connectivity index (χ3v) is 8.51. The van der Waals surface area contributed by atoms with Crippen LogP contribution in [0.4, 0.5) is 0 Å². The van der Waals surface area contributed by atoms with Crippen molar-refractivity contribution in [2.24, 2.45) is 34.0 Å². The molecule has 0 aromatic heterocycles. The molecule has 0 aromatic rings. The average Bonchev–Trinajstić information content (AvgIpc) is 2.55. The Morgan fingerprint density at radius 1 is 1.12 bits per heavy atom. The lowest BCUT2D eigenvalue weighted by Crippen LogP contribution is -2.55. The van der Waals surface area contributed by atoms with E-state index in [0.29, 0.717) is 29.1 Å². The van der Waals surface area contributed by atoms with E-state index in [-0.39, 0.29) is 5.41 Å². The summed E-state index contributed by atoms with van der Waals surface area (Å²) in [4.78, 5) is 11.5. The van der Waals surface area contributed by atoms with Gasteiger partial charge in [-0.25, -0.2) is 0 Å². The maximum Gasteiger partial charge on any atom is 0.303 e. The number of allylic oxidation sites excluding steroid dienone is 1. The van der Waals surface area contributed by atoms with E-state index in [1.54, 1.807) is 0 Å². The predicted molar refractivity (Wildman–Crippen MR) is 98.8 cm³/mol. The Morgan fingerprint density at radius 2 is 1.83 bits per heavy atom. The average molecular weight is 333 g/mol. The van der Waals surface area contributed by atoms with Gasteiger partial charge in [0.15, 0.2) is 0 Å². The summed E-state index contributed by atoms with van der Waals surface area (Å²) in [5.74, 6) is 1.31. The van der Waals surface area contributed by atoms with Gasteiger partial charge in [0, 0.05) is 0 Å². The Morgan fingerprint density at radius 3 is 2.50 bits per heavy atom. The molecule has 6 atom stereocenters. The van der Waals surface area contributed by atoms with Crippen molar-refractivity contribution in [2.45, 2.75) is 85.5 Å². The first-order chi connectivity index (χ1) is 11.1. The fourth-order valence-corrected chi connectivity index (χ4v) is 7.32. The van der Waals surface area contributed by atoms with E-state index in [0.717, 1.165) is 12.3 Å². The van der Waals surface area contributed by atoms with Gasteiger partial charge in [0.1, 0.15) is 0 Å². The monoisotopic (exact) mass is 332 g/mol. The Labute approximate surface area is 148 Å². The summed E-state index contributed by atoms with van der Waals surface area (Å²) >= 11 is 0. The van der Waals surface area contributed by atoms with Gasteiger partial charge in [-0.15, -0.1) is 0 Å². The molecule has 0 radical (unpaired) electrons. The first kappa shape index (κ1) is 18.0. The first-order valence-corrected chi connectivity index (χ1v) is 10.0. The SMILES string of the molecule is C=C1C[C@@]2(C)CC[C@@H]3[C@](C)(CC(=O)O)CCC[C@@]3(C)[C@@H]2CC[C@@H]1C. The molecular weight excluding hydrogens is 296 g/mol. The second-order valence-electron chi connectivity index (χ2n) is 10.2. The molecule has 3 aliphatic rings. The lowest BCUT2D eigenvalue weighted by atomic mass is 9.42. The Bertz CT molecular complexity index is 538. The fraction of sp³-hybridized carbons (Fsp3) is 0.864.